The van der Waals surface area contributed by atoms with E-state index in [1.54, 1.807) is 0 Å². The van der Waals surface area contributed by atoms with Crippen molar-refractivity contribution in [2.45, 2.75) is 12.5 Å². The quantitative estimate of drug-likeness (QED) is 0.753. The number of fused-ring (bicyclic) bond motifs is 3. The number of halogens is 2. The molecule has 3 rings (SSSR count). The number of nitrogens with zero attached hydrogens (tertiary/aromatic N) is 1. The van der Waals surface area contributed by atoms with Crippen LogP contribution in [0, 0.1) is 0 Å². The third-order valence-corrected chi connectivity index (χ3v) is 3.55. The van der Waals surface area contributed by atoms with Crippen LogP contribution in [0.4, 0.5) is 5.69 Å². The number of benzene rings is 1. The van der Waals surface area contributed by atoms with Crippen LogP contribution in [0.1, 0.15) is 5.56 Å². The molecule has 0 bridgehead atoms. The van der Waals surface area contributed by atoms with Crippen molar-refractivity contribution >= 4 is 29.7 Å². The number of piperazine rings is 1. The van der Waals surface area contributed by atoms with Crippen LogP contribution in [-0.4, -0.2) is 25.7 Å². The molecule has 1 fully saturated rings. The molecule has 2 heterocycles. The molecule has 0 aliphatic carbocycles. The highest BCUT2D eigenvalue weighted by Gasteiger charge is 2.31. The highest BCUT2D eigenvalue weighted by molar-refractivity contribution is 6.31. The highest BCUT2D eigenvalue weighted by Crippen LogP contribution is 2.36. The average molecular weight is 245 g/mol. The summed E-state index contributed by atoms with van der Waals surface area (Å²) >= 11 is 6.19. The van der Waals surface area contributed by atoms with E-state index in [1.165, 1.54) is 11.3 Å². The Labute approximate surface area is 101 Å². The summed E-state index contributed by atoms with van der Waals surface area (Å²) < 4.78 is 0. The van der Waals surface area contributed by atoms with Gasteiger partial charge in [-0.2, -0.15) is 0 Å². The van der Waals surface area contributed by atoms with E-state index in [-0.39, 0.29) is 12.4 Å². The minimum Gasteiger partial charge on any atom is -0.365 e. The molecule has 1 atom stereocenters. The van der Waals surface area contributed by atoms with Gasteiger partial charge in [0.15, 0.2) is 0 Å². The summed E-state index contributed by atoms with van der Waals surface area (Å²) in [4.78, 5) is 2.48. The Bertz CT molecular complexity index is 368. The lowest BCUT2D eigenvalue weighted by atomic mass is 10.1. The van der Waals surface area contributed by atoms with E-state index in [0.717, 1.165) is 31.1 Å². The fraction of sp³-hybridized carbons (Fsp3) is 0.455. The van der Waals surface area contributed by atoms with Gasteiger partial charge in [-0.25, -0.2) is 0 Å². The summed E-state index contributed by atoms with van der Waals surface area (Å²) in [5.41, 5.74) is 2.69. The van der Waals surface area contributed by atoms with Crippen molar-refractivity contribution < 1.29 is 0 Å². The minimum absolute atomic E-state index is 0. The summed E-state index contributed by atoms with van der Waals surface area (Å²) in [5.74, 6) is 0. The molecule has 15 heavy (non-hydrogen) atoms. The topological polar surface area (TPSA) is 15.3 Å². The third kappa shape index (κ3) is 1.71. The molecule has 0 spiro atoms. The number of hydrogen-bond acceptors (Lipinski definition) is 2. The zero-order valence-electron chi connectivity index (χ0n) is 8.37. The first-order valence-electron chi connectivity index (χ1n) is 5.11. The lowest BCUT2D eigenvalue weighted by Gasteiger charge is -2.32. The first kappa shape index (κ1) is 11.1. The third-order valence-electron chi connectivity index (χ3n) is 3.19. The molecule has 1 aromatic rings. The van der Waals surface area contributed by atoms with Crippen molar-refractivity contribution in [3.05, 3.63) is 28.8 Å². The summed E-state index contributed by atoms with van der Waals surface area (Å²) in [6.07, 6.45) is 1.10. The van der Waals surface area contributed by atoms with Crippen LogP contribution in [0.5, 0.6) is 0 Å². The van der Waals surface area contributed by atoms with Crippen molar-refractivity contribution in [2.24, 2.45) is 0 Å². The van der Waals surface area contributed by atoms with E-state index >= 15 is 0 Å². The minimum atomic E-state index is 0. The van der Waals surface area contributed by atoms with E-state index in [0.29, 0.717) is 6.04 Å². The Hall–Kier alpha value is -0.440. The molecular weight excluding hydrogens is 231 g/mol. The van der Waals surface area contributed by atoms with Crippen molar-refractivity contribution in [1.29, 1.82) is 0 Å². The van der Waals surface area contributed by atoms with Gasteiger partial charge in [0, 0.05) is 36.4 Å². The van der Waals surface area contributed by atoms with Crippen molar-refractivity contribution in [3.63, 3.8) is 0 Å². The molecular formula is C11H14Cl2N2. The van der Waals surface area contributed by atoms with Gasteiger partial charge in [-0.1, -0.05) is 17.7 Å². The second kappa shape index (κ2) is 4.20. The van der Waals surface area contributed by atoms with E-state index in [2.05, 4.69) is 16.3 Å². The number of hydrogen-bond donors (Lipinski definition) is 1. The van der Waals surface area contributed by atoms with Crippen LogP contribution < -0.4 is 10.2 Å². The molecule has 1 aromatic carbocycles. The molecule has 0 saturated carbocycles. The maximum Gasteiger partial charge on any atom is 0.0459 e. The predicted molar refractivity (Wildman–Crippen MR) is 66.4 cm³/mol. The zero-order chi connectivity index (χ0) is 9.54. The number of anilines is 1. The molecule has 4 heteroatoms. The Morgan fingerprint density at radius 1 is 1.40 bits per heavy atom. The second-order valence-electron chi connectivity index (χ2n) is 3.99. The standard InChI is InChI=1S/C11H13ClN2.ClH/c12-10-2-1-3-11-9(10)6-8-7-13-4-5-14(8)11;/h1-3,8,13H,4-7H2;1H. The Morgan fingerprint density at radius 2 is 2.27 bits per heavy atom. The molecule has 82 valence electrons. The number of rotatable bonds is 0. The van der Waals surface area contributed by atoms with Crippen molar-refractivity contribution in [3.8, 4) is 0 Å². The molecule has 1 saturated heterocycles. The van der Waals surface area contributed by atoms with Crippen LogP contribution in [0.15, 0.2) is 18.2 Å². The van der Waals surface area contributed by atoms with Gasteiger partial charge in [0.2, 0.25) is 0 Å². The fourth-order valence-electron chi connectivity index (χ4n) is 2.51. The molecule has 2 aliphatic rings. The maximum absolute atomic E-state index is 6.19. The van der Waals surface area contributed by atoms with Crippen LogP contribution in [0.25, 0.3) is 0 Å². The second-order valence-corrected chi connectivity index (χ2v) is 4.40. The van der Waals surface area contributed by atoms with Gasteiger partial charge in [0.1, 0.15) is 0 Å². The molecule has 1 unspecified atom stereocenters. The maximum atomic E-state index is 6.19. The highest BCUT2D eigenvalue weighted by atomic mass is 35.5. The summed E-state index contributed by atoms with van der Waals surface area (Å²) in [5, 5.41) is 4.35. The Kier molecular flexibility index (Phi) is 3.10. The monoisotopic (exact) mass is 244 g/mol. The molecule has 2 nitrogen and oxygen atoms in total. The van der Waals surface area contributed by atoms with E-state index in [1.807, 2.05) is 12.1 Å². The van der Waals surface area contributed by atoms with Crippen LogP contribution in [0.3, 0.4) is 0 Å². The first-order valence-corrected chi connectivity index (χ1v) is 5.49. The SMILES string of the molecule is Cl.Clc1cccc2c1CC1CNCCN21. The number of nitrogens with one attached hydrogen (secondary N) is 1. The average Bonchev–Trinajstić information content (AvgIpc) is 2.59. The molecule has 2 aliphatic heterocycles. The normalized spacial score (nSPS) is 23.0. The molecule has 0 aromatic heterocycles. The largest absolute Gasteiger partial charge is 0.365 e. The van der Waals surface area contributed by atoms with Gasteiger partial charge in [0.05, 0.1) is 0 Å². The van der Waals surface area contributed by atoms with Gasteiger partial charge in [-0.15, -0.1) is 12.4 Å². The molecule has 1 N–H and O–H groups in total. The van der Waals surface area contributed by atoms with Crippen LogP contribution >= 0.6 is 24.0 Å². The van der Waals surface area contributed by atoms with E-state index < -0.39 is 0 Å². The lowest BCUT2D eigenvalue weighted by Crippen LogP contribution is -2.49. The van der Waals surface area contributed by atoms with Gasteiger partial charge in [-0.05, 0) is 24.1 Å². The molecule has 0 amide bonds. The Morgan fingerprint density at radius 3 is 3.13 bits per heavy atom. The lowest BCUT2D eigenvalue weighted by molar-refractivity contribution is 0.495. The summed E-state index contributed by atoms with van der Waals surface area (Å²) in [6.45, 7) is 3.28. The van der Waals surface area contributed by atoms with Crippen molar-refractivity contribution in [1.82, 2.24) is 5.32 Å². The summed E-state index contributed by atoms with van der Waals surface area (Å²) in [7, 11) is 0. The van der Waals surface area contributed by atoms with E-state index in [4.69, 9.17) is 11.6 Å². The van der Waals surface area contributed by atoms with Gasteiger partial charge < -0.3 is 10.2 Å². The summed E-state index contributed by atoms with van der Waals surface area (Å²) in [6, 6.07) is 6.85. The van der Waals surface area contributed by atoms with Crippen LogP contribution in [-0.2, 0) is 6.42 Å². The van der Waals surface area contributed by atoms with Gasteiger partial charge in [0.25, 0.3) is 0 Å². The van der Waals surface area contributed by atoms with E-state index in [9.17, 15) is 0 Å². The smallest absolute Gasteiger partial charge is 0.0459 e. The zero-order valence-corrected chi connectivity index (χ0v) is 9.94. The Balaban J connectivity index is 0.000000853. The predicted octanol–water partition coefficient (Wildman–Crippen LogP) is 2.10. The first-order chi connectivity index (χ1) is 6.86. The van der Waals surface area contributed by atoms with Crippen molar-refractivity contribution in [2.75, 3.05) is 24.5 Å². The van der Waals surface area contributed by atoms with Crippen LogP contribution in [0.2, 0.25) is 5.02 Å². The molecule has 0 radical (unpaired) electrons. The van der Waals surface area contributed by atoms with Gasteiger partial charge >= 0.3 is 0 Å². The fourth-order valence-corrected chi connectivity index (χ4v) is 2.76. The van der Waals surface area contributed by atoms with Gasteiger partial charge in [-0.3, -0.25) is 0 Å².